The summed E-state index contributed by atoms with van der Waals surface area (Å²) in [5.74, 6) is -0.279. The molecular formula is C21H21ClFN3. The lowest BCUT2D eigenvalue weighted by atomic mass is 10.1. The summed E-state index contributed by atoms with van der Waals surface area (Å²) >= 11 is 5.94. The highest BCUT2D eigenvalue weighted by atomic mass is 35.5. The van der Waals surface area contributed by atoms with Crippen LogP contribution in [-0.4, -0.2) is 9.78 Å². The second-order valence-corrected chi connectivity index (χ2v) is 6.70. The lowest BCUT2D eigenvalue weighted by molar-refractivity contribution is 0.600. The fraction of sp³-hybridized carbons (Fsp3) is 0.190. The number of nitrogens with one attached hydrogen (secondary N) is 1. The molecule has 1 aromatic heterocycles. The highest BCUT2D eigenvalue weighted by Crippen LogP contribution is 2.20. The van der Waals surface area contributed by atoms with Gasteiger partial charge in [-0.15, -0.1) is 0 Å². The van der Waals surface area contributed by atoms with E-state index in [0.717, 1.165) is 28.3 Å². The molecule has 0 aliphatic rings. The van der Waals surface area contributed by atoms with Gasteiger partial charge in [-0.1, -0.05) is 36.4 Å². The Labute approximate surface area is 158 Å². The van der Waals surface area contributed by atoms with E-state index in [9.17, 15) is 4.39 Å². The van der Waals surface area contributed by atoms with Crippen LogP contribution in [0.15, 0.2) is 60.8 Å². The Morgan fingerprint density at radius 1 is 1.19 bits per heavy atom. The minimum absolute atomic E-state index is 0.279. The SMILES string of the molecule is C=C(Cc1c(C)nn(-c2ccccc2)c1C)NCc1cc(Cl)ccc1F. The second-order valence-electron chi connectivity index (χ2n) is 6.27. The Kier molecular flexibility index (Phi) is 5.43. The van der Waals surface area contributed by atoms with E-state index < -0.39 is 0 Å². The fourth-order valence-electron chi connectivity index (χ4n) is 2.93. The van der Waals surface area contributed by atoms with Crippen molar-refractivity contribution in [2.24, 2.45) is 0 Å². The summed E-state index contributed by atoms with van der Waals surface area (Å²) in [4.78, 5) is 0. The molecule has 0 bridgehead atoms. The Bertz CT molecular complexity index is 932. The van der Waals surface area contributed by atoms with Crippen molar-refractivity contribution in [2.45, 2.75) is 26.8 Å². The summed E-state index contributed by atoms with van der Waals surface area (Å²) in [6.07, 6.45) is 0.632. The average Bonchev–Trinajstić information content (AvgIpc) is 2.91. The lowest BCUT2D eigenvalue weighted by Gasteiger charge is -2.11. The zero-order chi connectivity index (χ0) is 18.7. The molecule has 0 saturated heterocycles. The maximum atomic E-state index is 13.8. The summed E-state index contributed by atoms with van der Waals surface area (Å²) in [6, 6.07) is 14.6. The van der Waals surface area contributed by atoms with E-state index in [2.05, 4.69) is 17.0 Å². The Morgan fingerprint density at radius 2 is 1.92 bits per heavy atom. The number of benzene rings is 2. The molecule has 1 N–H and O–H groups in total. The van der Waals surface area contributed by atoms with E-state index in [4.69, 9.17) is 11.6 Å². The maximum Gasteiger partial charge on any atom is 0.128 e. The Balaban J connectivity index is 1.72. The van der Waals surface area contributed by atoms with E-state index in [1.165, 1.54) is 6.07 Å². The summed E-state index contributed by atoms with van der Waals surface area (Å²) in [5.41, 5.74) is 5.51. The first kappa shape index (κ1) is 18.2. The van der Waals surface area contributed by atoms with Crippen LogP contribution in [0.3, 0.4) is 0 Å². The van der Waals surface area contributed by atoms with Gasteiger partial charge in [-0.25, -0.2) is 9.07 Å². The molecule has 0 amide bonds. The number of nitrogens with zero attached hydrogens (tertiary/aromatic N) is 2. The molecule has 26 heavy (non-hydrogen) atoms. The van der Waals surface area contributed by atoms with Gasteiger partial charge in [0.05, 0.1) is 11.4 Å². The lowest BCUT2D eigenvalue weighted by Crippen LogP contribution is -2.15. The predicted octanol–water partition coefficient (Wildman–Crippen LogP) is 5.13. The van der Waals surface area contributed by atoms with Gasteiger partial charge < -0.3 is 5.32 Å². The van der Waals surface area contributed by atoms with Crippen molar-refractivity contribution in [3.05, 3.63) is 94.2 Å². The largest absolute Gasteiger partial charge is 0.384 e. The summed E-state index contributed by atoms with van der Waals surface area (Å²) in [6.45, 7) is 8.46. The van der Waals surface area contributed by atoms with Crippen LogP contribution in [0.2, 0.25) is 5.02 Å². The normalized spacial score (nSPS) is 10.8. The predicted molar refractivity (Wildman–Crippen MR) is 104 cm³/mol. The molecule has 0 spiro atoms. The number of hydrogen-bond donors (Lipinski definition) is 1. The summed E-state index contributed by atoms with van der Waals surface area (Å²) < 4.78 is 15.8. The van der Waals surface area contributed by atoms with Gasteiger partial charge >= 0.3 is 0 Å². The summed E-state index contributed by atoms with van der Waals surface area (Å²) in [5, 5.41) is 8.35. The molecular weight excluding hydrogens is 349 g/mol. The molecule has 0 aliphatic carbocycles. The minimum Gasteiger partial charge on any atom is -0.384 e. The fourth-order valence-corrected chi connectivity index (χ4v) is 3.12. The third-order valence-electron chi connectivity index (χ3n) is 4.37. The van der Waals surface area contributed by atoms with Crippen LogP contribution in [-0.2, 0) is 13.0 Å². The first-order chi connectivity index (χ1) is 12.5. The van der Waals surface area contributed by atoms with Gasteiger partial charge in [0.15, 0.2) is 0 Å². The summed E-state index contributed by atoms with van der Waals surface area (Å²) in [7, 11) is 0. The van der Waals surface area contributed by atoms with Crippen molar-refractivity contribution in [3.63, 3.8) is 0 Å². The molecule has 3 aromatic rings. The smallest absolute Gasteiger partial charge is 0.128 e. The molecule has 0 aliphatic heterocycles. The van der Waals surface area contributed by atoms with Crippen molar-refractivity contribution >= 4 is 11.6 Å². The first-order valence-electron chi connectivity index (χ1n) is 8.42. The van der Waals surface area contributed by atoms with Crippen LogP contribution in [0.5, 0.6) is 0 Å². The molecule has 0 unspecified atom stereocenters. The van der Waals surface area contributed by atoms with Gasteiger partial charge in [0, 0.05) is 40.5 Å². The third kappa shape index (κ3) is 3.97. The highest BCUT2D eigenvalue weighted by Gasteiger charge is 2.14. The molecule has 0 atom stereocenters. The highest BCUT2D eigenvalue weighted by molar-refractivity contribution is 6.30. The van der Waals surface area contributed by atoms with Crippen molar-refractivity contribution in [1.29, 1.82) is 0 Å². The van der Waals surface area contributed by atoms with Gasteiger partial charge in [-0.3, -0.25) is 0 Å². The number of aromatic nitrogens is 2. The monoisotopic (exact) mass is 369 g/mol. The minimum atomic E-state index is -0.279. The van der Waals surface area contributed by atoms with Crippen molar-refractivity contribution in [1.82, 2.24) is 15.1 Å². The number of halogens is 2. The number of hydrogen-bond acceptors (Lipinski definition) is 2. The van der Waals surface area contributed by atoms with Crippen molar-refractivity contribution in [3.8, 4) is 5.69 Å². The third-order valence-corrected chi connectivity index (χ3v) is 4.60. The molecule has 5 heteroatoms. The quantitative estimate of drug-likeness (QED) is 0.653. The number of aryl methyl sites for hydroxylation is 1. The molecule has 0 fully saturated rings. The molecule has 0 radical (unpaired) electrons. The van der Waals surface area contributed by atoms with Crippen molar-refractivity contribution in [2.75, 3.05) is 0 Å². The van der Waals surface area contributed by atoms with Crippen LogP contribution in [0.1, 0.15) is 22.5 Å². The van der Waals surface area contributed by atoms with Crippen LogP contribution in [0, 0.1) is 19.7 Å². The zero-order valence-corrected chi connectivity index (χ0v) is 15.6. The van der Waals surface area contributed by atoms with Crippen LogP contribution < -0.4 is 5.32 Å². The van der Waals surface area contributed by atoms with Gasteiger partial charge in [0.1, 0.15) is 5.82 Å². The van der Waals surface area contributed by atoms with E-state index >= 15 is 0 Å². The van der Waals surface area contributed by atoms with E-state index in [-0.39, 0.29) is 5.82 Å². The molecule has 3 nitrogen and oxygen atoms in total. The molecule has 2 aromatic carbocycles. The maximum absolute atomic E-state index is 13.8. The first-order valence-corrected chi connectivity index (χ1v) is 8.79. The zero-order valence-electron chi connectivity index (χ0n) is 14.9. The van der Waals surface area contributed by atoms with Gasteiger partial charge in [0.25, 0.3) is 0 Å². The molecule has 3 rings (SSSR count). The Hall–Kier alpha value is -2.59. The van der Waals surface area contributed by atoms with Gasteiger partial charge in [0.2, 0.25) is 0 Å². The number of allylic oxidation sites excluding steroid dienone is 1. The van der Waals surface area contributed by atoms with Crippen LogP contribution in [0.4, 0.5) is 4.39 Å². The second kappa shape index (κ2) is 7.75. The van der Waals surface area contributed by atoms with E-state index in [1.807, 2.05) is 48.9 Å². The van der Waals surface area contributed by atoms with E-state index in [1.54, 1.807) is 12.1 Å². The molecule has 134 valence electrons. The average molecular weight is 370 g/mol. The molecule has 0 saturated carbocycles. The van der Waals surface area contributed by atoms with Crippen molar-refractivity contribution < 1.29 is 4.39 Å². The van der Waals surface area contributed by atoms with E-state index in [0.29, 0.717) is 23.6 Å². The topological polar surface area (TPSA) is 29.9 Å². The number of rotatable bonds is 6. The van der Waals surface area contributed by atoms with Gasteiger partial charge in [-0.05, 0) is 44.2 Å². The standard InChI is InChI=1S/C21H21ClFN3/c1-14(24-13-17-12-18(22)9-10-21(17)23)11-20-15(2)25-26(16(20)3)19-7-5-4-6-8-19/h4-10,12,24H,1,11,13H2,2-3H3. The van der Waals surface area contributed by atoms with Crippen LogP contribution in [0.25, 0.3) is 5.69 Å². The van der Waals surface area contributed by atoms with Crippen LogP contribution >= 0.6 is 11.6 Å². The van der Waals surface area contributed by atoms with Gasteiger partial charge in [-0.2, -0.15) is 5.10 Å². The number of para-hydroxylation sites is 1. The Morgan fingerprint density at radius 3 is 2.65 bits per heavy atom. The molecule has 1 heterocycles.